The van der Waals surface area contributed by atoms with E-state index in [1.165, 1.54) is 18.5 Å². The molecule has 3 atom stereocenters. The molecule has 19 heavy (non-hydrogen) atoms. The highest BCUT2D eigenvalue weighted by atomic mass is 16.5. The molecule has 0 amide bonds. The van der Waals surface area contributed by atoms with Crippen molar-refractivity contribution >= 4 is 0 Å². The fourth-order valence-electron chi connectivity index (χ4n) is 2.66. The third kappa shape index (κ3) is 3.95. The smallest absolute Gasteiger partial charge is 0.119 e. The van der Waals surface area contributed by atoms with Crippen LogP contribution in [0.4, 0.5) is 0 Å². The van der Waals surface area contributed by atoms with Crippen LogP contribution in [0.5, 0.6) is 5.75 Å². The number of nitrogens with one attached hydrogen (secondary N) is 1. The monoisotopic (exact) mass is 262 g/mol. The van der Waals surface area contributed by atoms with Gasteiger partial charge in [0.25, 0.3) is 0 Å². The number of nitrogens with zero attached hydrogens (tertiary/aromatic N) is 1. The lowest BCUT2D eigenvalue weighted by molar-refractivity contribution is 0.281. The van der Waals surface area contributed by atoms with Crippen LogP contribution in [0.15, 0.2) is 24.3 Å². The average Bonchev–Trinajstić information content (AvgIpc) is 3.11. The van der Waals surface area contributed by atoms with Crippen LogP contribution in [0.3, 0.4) is 0 Å². The molecule has 3 unspecified atom stereocenters. The number of hydrogen-bond acceptors (Lipinski definition) is 3. The predicted octanol–water partition coefficient (Wildman–Crippen LogP) is 2.54. The molecule has 0 aromatic heterocycles. The Balaban J connectivity index is 1.94. The topological polar surface area (TPSA) is 24.5 Å². The van der Waals surface area contributed by atoms with Gasteiger partial charge in [-0.3, -0.25) is 0 Å². The minimum Gasteiger partial charge on any atom is -0.497 e. The second-order valence-corrected chi connectivity index (χ2v) is 5.81. The molecule has 0 bridgehead atoms. The quantitative estimate of drug-likeness (QED) is 0.817. The Bertz CT molecular complexity index is 407. The fourth-order valence-corrected chi connectivity index (χ4v) is 2.66. The molecule has 3 heteroatoms. The molecule has 106 valence electrons. The van der Waals surface area contributed by atoms with Gasteiger partial charge in [-0.25, -0.2) is 0 Å². The van der Waals surface area contributed by atoms with Crippen LogP contribution in [-0.2, 0) is 0 Å². The summed E-state index contributed by atoms with van der Waals surface area (Å²) in [6.45, 7) is 4.59. The van der Waals surface area contributed by atoms with Crippen LogP contribution in [0.1, 0.15) is 24.9 Å². The molecule has 1 saturated carbocycles. The molecule has 0 heterocycles. The number of rotatable bonds is 7. The molecule has 2 rings (SSSR count). The van der Waals surface area contributed by atoms with Crippen LogP contribution in [-0.4, -0.2) is 39.2 Å². The zero-order valence-corrected chi connectivity index (χ0v) is 12.5. The minimum atomic E-state index is 0.356. The van der Waals surface area contributed by atoms with Crippen LogP contribution in [0.2, 0.25) is 0 Å². The van der Waals surface area contributed by atoms with E-state index in [2.05, 4.69) is 42.4 Å². The molecule has 1 aliphatic rings. The molecule has 0 radical (unpaired) electrons. The zero-order valence-electron chi connectivity index (χ0n) is 12.5. The molecule has 1 fully saturated rings. The van der Waals surface area contributed by atoms with Gasteiger partial charge in [0.05, 0.1) is 7.11 Å². The van der Waals surface area contributed by atoms with Crippen molar-refractivity contribution in [1.29, 1.82) is 0 Å². The van der Waals surface area contributed by atoms with E-state index in [-0.39, 0.29) is 0 Å². The maximum Gasteiger partial charge on any atom is 0.119 e. The van der Waals surface area contributed by atoms with E-state index in [1.54, 1.807) is 7.11 Å². The minimum absolute atomic E-state index is 0.356. The first-order valence-corrected chi connectivity index (χ1v) is 7.13. The Kier molecular flexibility index (Phi) is 4.83. The fraction of sp³-hybridized carbons (Fsp3) is 0.625. The molecule has 0 spiro atoms. The number of ether oxygens (including phenoxy) is 1. The average molecular weight is 262 g/mol. The lowest BCUT2D eigenvalue weighted by atomic mass is 10.1. The highest BCUT2D eigenvalue weighted by Gasteiger charge is 2.33. The van der Waals surface area contributed by atoms with Gasteiger partial charge in [0.2, 0.25) is 0 Å². The summed E-state index contributed by atoms with van der Waals surface area (Å²) in [4.78, 5) is 2.44. The first-order chi connectivity index (χ1) is 9.13. The predicted molar refractivity (Wildman–Crippen MR) is 79.6 cm³/mol. The Morgan fingerprint density at radius 1 is 1.47 bits per heavy atom. The van der Waals surface area contributed by atoms with Gasteiger partial charge in [0.15, 0.2) is 0 Å². The molecule has 1 N–H and O–H groups in total. The van der Waals surface area contributed by atoms with Gasteiger partial charge >= 0.3 is 0 Å². The van der Waals surface area contributed by atoms with E-state index in [0.717, 1.165) is 24.1 Å². The van der Waals surface area contributed by atoms with E-state index >= 15 is 0 Å². The lowest BCUT2D eigenvalue weighted by Crippen LogP contribution is -2.32. The van der Waals surface area contributed by atoms with Crippen LogP contribution in [0.25, 0.3) is 0 Å². The van der Waals surface area contributed by atoms with Crippen molar-refractivity contribution in [3.63, 3.8) is 0 Å². The van der Waals surface area contributed by atoms with Gasteiger partial charge < -0.3 is 15.0 Å². The van der Waals surface area contributed by atoms with E-state index in [9.17, 15) is 0 Å². The molecule has 0 saturated heterocycles. The van der Waals surface area contributed by atoms with Gasteiger partial charge in [-0.1, -0.05) is 19.1 Å². The summed E-state index contributed by atoms with van der Waals surface area (Å²) in [7, 11) is 5.96. The van der Waals surface area contributed by atoms with Crippen molar-refractivity contribution in [2.24, 2.45) is 11.8 Å². The highest BCUT2D eigenvalue weighted by molar-refractivity contribution is 5.30. The van der Waals surface area contributed by atoms with E-state index in [0.29, 0.717) is 6.04 Å². The highest BCUT2D eigenvalue weighted by Crippen LogP contribution is 2.38. The van der Waals surface area contributed by atoms with Crippen LogP contribution < -0.4 is 10.1 Å². The summed E-state index contributed by atoms with van der Waals surface area (Å²) >= 11 is 0. The lowest BCUT2D eigenvalue weighted by Gasteiger charge is -2.24. The second-order valence-electron chi connectivity index (χ2n) is 5.81. The van der Waals surface area contributed by atoms with Crippen molar-refractivity contribution in [3.8, 4) is 5.75 Å². The number of likely N-dealkylation sites (N-methyl/N-ethyl adjacent to an activating group) is 2. The van der Waals surface area contributed by atoms with Crippen LogP contribution in [0, 0.1) is 11.8 Å². The molecule has 1 aromatic rings. The van der Waals surface area contributed by atoms with Crippen molar-refractivity contribution < 1.29 is 4.74 Å². The van der Waals surface area contributed by atoms with Crippen LogP contribution >= 0.6 is 0 Å². The summed E-state index contributed by atoms with van der Waals surface area (Å²) in [5.74, 6) is 2.76. The number of methoxy groups -OCH3 is 1. The maximum absolute atomic E-state index is 5.30. The summed E-state index contributed by atoms with van der Waals surface area (Å²) in [5, 5.41) is 3.41. The molecule has 3 nitrogen and oxygen atoms in total. The summed E-state index contributed by atoms with van der Waals surface area (Å²) in [6.07, 6.45) is 1.40. The zero-order chi connectivity index (χ0) is 13.8. The van der Waals surface area contributed by atoms with Gasteiger partial charge in [-0.15, -0.1) is 0 Å². The summed E-state index contributed by atoms with van der Waals surface area (Å²) in [6, 6.07) is 8.69. The Hall–Kier alpha value is -1.06. The first-order valence-electron chi connectivity index (χ1n) is 7.13. The van der Waals surface area contributed by atoms with Gasteiger partial charge in [0, 0.05) is 19.1 Å². The van der Waals surface area contributed by atoms with Gasteiger partial charge in [0.1, 0.15) is 5.75 Å². The summed E-state index contributed by atoms with van der Waals surface area (Å²) < 4.78 is 5.30. The summed E-state index contributed by atoms with van der Waals surface area (Å²) in [5.41, 5.74) is 1.29. The SMILES string of the molecule is CNC(CN(C)CC1CC1C)c1cccc(OC)c1. The van der Waals surface area contributed by atoms with E-state index in [4.69, 9.17) is 4.74 Å². The molecular weight excluding hydrogens is 236 g/mol. The Morgan fingerprint density at radius 3 is 2.79 bits per heavy atom. The normalized spacial score (nSPS) is 23.4. The third-order valence-electron chi connectivity index (χ3n) is 4.16. The number of hydrogen-bond donors (Lipinski definition) is 1. The maximum atomic E-state index is 5.30. The molecular formula is C16H26N2O. The third-order valence-corrected chi connectivity index (χ3v) is 4.16. The van der Waals surface area contributed by atoms with Crippen molar-refractivity contribution in [1.82, 2.24) is 10.2 Å². The van der Waals surface area contributed by atoms with Gasteiger partial charge in [-0.2, -0.15) is 0 Å². The first kappa shape index (κ1) is 14.4. The number of benzene rings is 1. The van der Waals surface area contributed by atoms with E-state index < -0.39 is 0 Å². The van der Waals surface area contributed by atoms with E-state index in [1.807, 2.05) is 13.1 Å². The van der Waals surface area contributed by atoms with Gasteiger partial charge in [-0.05, 0) is 50.0 Å². The Morgan fingerprint density at radius 2 is 2.21 bits per heavy atom. The molecule has 0 aliphatic heterocycles. The van der Waals surface area contributed by atoms with Crippen molar-refractivity contribution in [3.05, 3.63) is 29.8 Å². The Labute approximate surface area is 116 Å². The molecule has 1 aromatic carbocycles. The largest absolute Gasteiger partial charge is 0.497 e. The van der Waals surface area contributed by atoms with Crippen molar-refractivity contribution in [2.45, 2.75) is 19.4 Å². The standard InChI is InChI=1S/C16H26N2O/c1-12-8-14(12)10-18(3)11-16(17-2)13-6-5-7-15(9-13)19-4/h5-7,9,12,14,16-17H,8,10-11H2,1-4H3. The molecule has 1 aliphatic carbocycles. The second kappa shape index (κ2) is 6.40. The van der Waals surface area contributed by atoms with Crippen molar-refractivity contribution in [2.75, 3.05) is 34.3 Å².